The minimum atomic E-state index is 0.139. The molecule has 1 aliphatic carbocycles. The second-order valence-corrected chi connectivity index (χ2v) is 4.14. The van der Waals surface area contributed by atoms with Crippen LogP contribution in [-0.2, 0) is 4.74 Å². The fourth-order valence-electron chi connectivity index (χ4n) is 2.28. The van der Waals surface area contributed by atoms with Gasteiger partial charge in [0.25, 0.3) is 0 Å². The highest BCUT2D eigenvalue weighted by Gasteiger charge is 2.55. The summed E-state index contributed by atoms with van der Waals surface area (Å²) >= 11 is 0. The van der Waals surface area contributed by atoms with E-state index in [1.165, 1.54) is 25.7 Å². The first-order chi connectivity index (χ1) is 5.22. The van der Waals surface area contributed by atoms with E-state index in [1.54, 1.807) is 0 Å². The molecule has 0 unspecified atom stereocenters. The first-order valence-corrected chi connectivity index (χ1v) is 4.59. The molecule has 1 saturated heterocycles. The maximum atomic E-state index is 6.27. The van der Waals surface area contributed by atoms with Crippen LogP contribution in [0.2, 0.25) is 0 Å². The molecule has 2 rings (SSSR count). The molecule has 11 heavy (non-hydrogen) atoms. The predicted molar refractivity (Wildman–Crippen MR) is 44.3 cm³/mol. The molecule has 0 aromatic heterocycles. The Kier molecular flexibility index (Phi) is 1.52. The molecule has 2 aliphatic rings. The third kappa shape index (κ3) is 0.798. The van der Waals surface area contributed by atoms with Crippen LogP contribution in [0.5, 0.6) is 0 Å². The van der Waals surface area contributed by atoms with E-state index in [0.29, 0.717) is 5.41 Å². The molecule has 64 valence electrons. The molecule has 2 heteroatoms. The molecule has 2 nitrogen and oxygen atoms in total. The van der Waals surface area contributed by atoms with Crippen molar-refractivity contribution in [3.05, 3.63) is 0 Å². The fraction of sp³-hybridized carbons (Fsp3) is 1.00. The van der Waals surface area contributed by atoms with Crippen molar-refractivity contribution in [1.29, 1.82) is 0 Å². The Morgan fingerprint density at radius 2 is 2.00 bits per heavy atom. The molecule has 0 spiro atoms. The van der Waals surface area contributed by atoms with Crippen LogP contribution in [0.4, 0.5) is 0 Å². The molecule has 0 amide bonds. The summed E-state index contributed by atoms with van der Waals surface area (Å²) in [6.45, 7) is 4.04. The minimum absolute atomic E-state index is 0.139. The van der Waals surface area contributed by atoms with Gasteiger partial charge in [0.05, 0.1) is 13.2 Å². The maximum Gasteiger partial charge on any atom is 0.0562 e. The number of nitrogens with two attached hydrogens (primary N) is 1. The van der Waals surface area contributed by atoms with E-state index in [-0.39, 0.29) is 5.54 Å². The van der Waals surface area contributed by atoms with Crippen molar-refractivity contribution in [2.45, 2.75) is 38.1 Å². The largest absolute Gasteiger partial charge is 0.380 e. The van der Waals surface area contributed by atoms with Crippen LogP contribution in [0.3, 0.4) is 0 Å². The number of ether oxygens (including phenoxy) is 1. The Morgan fingerprint density at radius 1 is 1.36 bits per heavy atom. The van der Waals surface area contributed by atoms with E-state index in [4.69, 9.17) is 10.5 Å². The normalized spacial score (nSPS) is 32.2. The fourth-order valence-corrected chi connectivity index (χ4v) is 2.28. The molecular weight excluding hydrogens is 138 g/mol. The second kappa shape index (κ2) is 2.20. The molecule has 1 heterocycles. The number of hydrogen-bond acceptors (Lipinski definition) is 2. The van der Waals surface area contributed by atoms with Gasteiger partial charge in [0.15, 0.2) is 0 Å². The molecule has 1 saturated carbocycles. The lowest BCUT2D eigenvalue weighted by molar-refractivity contribution is -0.174. The highest BCUT2D eigenvalue weighted by atomic mass is 16.5. The summed E-state index contributed by atoms with van der Waals surface area (Å²) in [6, 6.07) is 0. The summed E-state index contributed by atoms with van der Waals surface area (Å²) in [4.78, 5) is 0. The van der Waals surface area contributed by atoms with Gasteiger partial charge in [-0.1, -0.05) is 6.92 Å². The molecule has 2 N–H and O–H groups in total. The molecule has 0 bridgehead atoms. The van der Waals surface area contributed by atoms with Crippen molar-refractivity contribution in [3.63, 3.8) is 0 Å². The van der Waals surface area contributed by atoms with Gasteiger partial charge in [-0.2, -0.15) is 0 Å². The Hall–Kier alpha value is -0.0800. The van der Waals surface area contributed by atoms with Gasteiger partial charge in [-0.25, -0.2) is 0 Å². The standard InChI is InChI=1S/C9H17NO/c1-2-8(6-11-7-8)9(10)4-3-5-9/h2-7,10H2,1H3. The quantitative estimate of drug-likeness (QED) is 0.652. The summed E-state index contributed by atoms with van der Waals surface area (Å²) in [5, 5.41) is 0. The van der Waals surface area contributed by atoms with E-state index in [1.807, 2.05) is 0 Å². The zero-order chi connectivity index (χ0) is 7.95. The zero-order valence-electron chi connectivity index (χ0n) is 7.23. The highest BCUT2D eigenvalue weighted by molar-refractivity contribution is 5.09. The van der Waals surface area contributed by atoms with Gasteiger partial charge in [-0.05, 0) is 25.7 Å². The average Bonchev–Trinajstić information content (AvgIpc) is 1.83. The Bertz CT molecular complexity index is 153. The lowest BCUT2D eigenvalue weighted by Gasteiger charge is -2.58. The molecule has 0 aromatic carbocycles. The maximum absolute atomic E-state index is 6.27. The van der Waals surface area contributed by atoms with Gasteiger partial charge >= 0.3 is 0 Å². The molecule has 1 aliphatic heterocycles. The second-order valence-electron chi connectivity index (χ2n) is 4.14. The SMILES string of the molecule is CCC1(C2(N)CCC2)COC1. The summed E-state index contributed by atoms with van der Waals surface area (Å²) in [7, 11) is 0. The first kappa shape index (κ1) is 7.56. The van der Waals surface area contributed by atoms with Crippen LogP contribution in [0.15, 0.2) is 0 Å². The van der Waals surface area contributed by atoms with E-state index in [0.717, 1.165) is 13.2 Å². The topological polar surface area (TPSA) is 35.2 Å². The minimum Gasteiger partial charge on any atom is -0.380 e. The van der Waals surface area contributed by atoms with Crippen molar-refractivity contribution in [3.8, 4) is 0 Å². The van der Waals surface area contributed by atoms with Gasteiger partial charge in [-0.3, -0.25) is 0 Å². The van der Waals surface area contributed by atoms with Crippen LogP contribution in [-0.4, -0.2) is 18.8 Å². The monoisotopic (exact) mass is 155 g/mol. The van der Waals surface area contributed by atoms with Gasteiger partial charge in [-0.15, -0.1) is 0 Å². The summed E-state index contributed by atoms with van der Waals surface area (Å²) in [5.41, 5.74) is 6.76. The summed E-state index contributed by atoms with van der Waals surface area (Å²) in [5.74, 6) is 0. The Balaban J connectivity index is 2.10. The van der Waals surface area contributed by atoms with Crippen LogP contribution in [0.1, 0.15) is 32.6 Å². The summed E-state index contributed by atoms with van der Waals surface area (Å²) < 4.78 is 5.27. The van der Waals surface area contributed by atoms with Crippen LogP contribution in [0, 0.1) is 5.41 Å². The molecule has 0 radical (unpaired) electrons. The van der Waals surface area contributed by atoms with Crippen molar-refractivity contribution >= 4 is 0 Å². The Labute approximate surface area is 68.1 Å². The van der Waals surface area contributed by atoms with Crippen LogP contribution >= 0.6 is 0 Å². The van der Waals surface area contributed by atoms with Gasteiger partial charge in [0.1, 0.15) is 0 Å². The van der Waals surface area contributed by atoms with E-state index >= 15 is 0 Å². The highest BCUT2D eigenvalue weighted by Crippen LogP contribution is 2.50. The molecule has 0 atom stereocenters. The van der Waals surface area contributed by atoms with Crippen molar-refractivity contribution in [1.82, 2.24) is 0 Å². The molecular formula is C9H17NO. The number of hydrogen-bond donors (Lipinski definition) is 1. The third-order valence-corrected chi connectivity index (χ3v) is 3.74. The first-order valence-electron chi connectivity index (χ1n) is 4.59. The lowest BCUT2D eigenvalue weighted by Crippen LogP contribution is -2.67. The van der Waals surface area contributed by atoms with Crippen molar-refractivity contribution < 1.29 is 4.74 Å². The smallest absolute Gasteiger partial charge is 0.0562 e. The summed E-state index contributed by atoms with van der Waals surface area (Å²) in [6.07, 6.45) is 4.93. The third-order valence-electron chi connectivity index (χ3n) is 3.74. The van der Waals surface area contributed by atoms with Crippen LogP contribution < -0.4 is 5.73 Å². The van der Waals surface area contributed by atoms with Gasteiger partial charge < -0.3 is 10.5 Å². The van der Waals surface area contributed by atoms with E-state index in [9.17, 15) is 0 Å². The molecule has 0 aromatic rings. The molecule has 2 fully saturated rings. The predicted octanol–water partition coefficient (Wildman–Crippen LogP) is 1.29. The van der Waals surface area contributed by atoms with Crippen molar-refractivity contribution in [2.75, 3.05) is 13.2 Å². The lowest BCUT2D eigenvalue weighted by atomic mass is 9.57. The van der Waals surface area contributed by atoms with E-state index < -0.39 is 0 Å². The van der Waals surface area contributed by atoms with Gasteiger partial charge in [0.2, 0.25) is 0 Å². The zero-order valence-corrected chi connectivity index (χ0v) is 7.23. The average molecular weight is 155 g/mol. The van der Waals surface area contributed by atoms with E-state index in [2.05, 4.69) is 6.92 Å². The van der Waals surface area contributed by atoms with Crippen LogP contribution in [0.25, 0.3) is 0 Å². The van der Waals surface area contributed by atoms with Crippen molar-refractivity contribution in [2.24, 2.45) is 11.1 Å². The number of rotatable bonds is 2. The Morgan fingerprint density at radius 3 is 2.09 bits per heavy atom. The van der Waals surface area contributed by atoms with Gasteiger partial charge in [0, 0.05) is 11.0 Å².